The van der Waals surface area contributed by atoms with E-state index in [0.717, 1.165) is 6.42 Å². The van der Waals surface area contributed by atoms with E-state index in [1.807, 2.05) is 7.05 Å². The van der Waals surface area contributed by atoms with Crippen molar-refractivity contribution in [3.8, 4) is 0 Å². The second-order valence-corrected chi connectivity index (χ2v) is 8.06. The first-order chi connectivity index (χ1) is 12.5. The lowest BCUT2D eigenvalue weighted by atomic mass is 9.81. The second kappa shape index (κ2) is 8.12. The van der Waals surface area contributed by atoms with Gasteiger partial charge < -0.3 is 5.32 Å². The average Bonchev–Trinajstić information content (AvgIpc) is 3.15. The fourth-order valence-electron chi connectivity index (χ4n) is 4.68. The Morgan fingerprint density at radius 1 is 1.12 bits per heavy atom. The molecule has 0 saturated heterocycles. The van der Waals surface area contributed by atoms with Gasteiger partial charge in [-0.05, 0) is 72.8 Å². The zero-order valence-electron chi connectivity index (χ0n) is 16.9. The van der Waals surface area contributed by atoms with Crippen LogP contribution in [0.2, 0.25) is 0 Å². The van der Waals surface area contributed by atoms with Crippen LogP contribution >= 0.6 is 0 Å². The topological polar surface area (TPSA) is 12.0 Å². The van der Waals surface area contributed by atoms with E-state index in [2.05, 4.69) is 69.1 Å². The predicted octanol–water partition coefficient (Wildman–Crippen LogP) is 6.75. The second-order valence-electron chi connectivity index (χ2n) is 8.06. The standard InChI is InChI=1S/C25H33N/c1-17-14-18(2)16-22(15-17)19(3)23-12-8-9-13-24(23)25(20(4)26-5)21-10-6-7-11-21/h8-9,12-15,18,21,26H,3,6-7,10-11,16H2,1-2,4-5H3/b25-20-/t18-/m0/s1. The van der Waals surface area contributed by atoms with Crippen molar-refractivity contribution in [2.24, 2.45) is 11.8 Å². The highest BCUT2D eigenvalue weighted by Crippen LogP contribution is 2.42. The summed E-state index contributed by atoms with van der Waals surface area (Å²) in [4.78, 5) is 0. The molecule has 1 fully saturated rings. The molecule has 1 nitrogen and oxygen atoms in total. The smallest absolute Gasteiger partial charge is 0.0114 e. The minimum atomic E-state index is 0.586. The molecule has 1 N–H and O–H groups in total. The van der Waals surface area contributed by atoms with Crippen molar-refractivity contribution in [2.75, 3.05) is 7.05 Å². The van der Waals surface area contributed by atoms with Crippen molar-refractivity contribution in [2.45, 2.75) is 52.9 Å². The highest BCUT2D eigenvalue weighted by Gasteiger charge is 2.25. The molecule has 1 saturated carbocycles. The normalized spacial score (nSPS) is 21.8. The summed E-state index contributed by atoms with van der Waals surface area (Å²) >= 11 is 0. The molecule has 0 spiro atoms. The molecular weight excluding hydrogens is 314 g/mol. The van der Waals surface area contributed by atoms with Gasteiger partial charge in [0.25, 0.3) is 0 Å². The van der Waals surface area contributed by atoms with Crippen LogP contribution in [0.3, 0.4) is 0 Å². The van der Waals surface area contributed by atoms with Crippen LogP contribution in [0.15, 0.2) is 59.8 Å². The van der Waals surface area contributed by atoms with Crippen molar-refractivity contribution in [1.29, 1.82) is 0 Å². The van der Waals surface area contributed by atoms with E-state index in [4.69, 9.17) is 0 Å². The van der Waals surface area contributed by atoms with E-state index in [9.17, 15) is 0 Å². The van der Waals surface area contributed by atoms with Gasteiger partial charge in [0.15, 0.2) is 0 Å². The molecule has 2 aliphatic rings. The number of rotatable bonds is 5. The van der Waals surface area contributed by atoms with E-state index in [0.29, 0.717) is 11.8 Å². The average molecular weight is 348 g/mol. The van der Waals surface area contributed by atoms with Crippen molar-refractivity contribution < 1.29 is 0 Å². The first-order valence-electron chi connectivity index (χ1n) is 10.1. The minimum absolute atomic E-state index is 0.586. The number of allylic oxidation sites excluding steroid dienone is 7. The molecule has 0 radical (unpaired) electrons. The van der Waals surface area contributed by atoms with Gasteiger partial charge in [0.1, 0.15) is 0 Å². The molecule has 3 rings (SSSR count). The van der Waals surface area contributed by atoms with E-state index >= 15 is 0 Å². The third-order valence-electron chi connectivity index (χ3n) is 5.96. The molecule has 0 aromatic heterocycles. The first-order valence-corrected chi connectivity index (χ1v) is 10.1. The maximum absolute atomic E-state index is 4.53. The van der Waals surface area contributed by atoms with Gasteiger partial charge >= 0.3 is 0 Å². The summed E-state index contributed by atoms with van der Waals surface area (Å²) in [6.07, 6.45) is 11.1. The molecule has 138 valence electrons. The Morgan fingerprint density at radius 2 is 1.77 bits per heavy atom. The van der Waals surface area contributed by atoms with Gasteiger partial charge in [-0.2, -0.15) is 0 Å². The molecule has 0 heterocycles. The maximum atomic E-state index is 4.53. The van der Waals surface area contributed by atoms with Gasteiger partial charge in [-0.3, -0.25) is 0 Å². The number of nitrogens with one attached hydrogen (secondary N) is 1. The lowest BCUT2D eigenvalue weighted by Crippen LogP contribution is -2.12. The van der Waals surface area contributed by atoms with Crippen LogP contribution in [0.25, 0.3) is 11.1 Å². The summed E-state index contributed by atoms with van der Waals surface area (Å²) in [6, 6.07) is 8.88. The summed E-state index contributed by atoms with van der Waals surface area (Å²) in [6.45, 7) is 11.3. The predicted molar refractivity (Wildman–Crippen MR) is 115 cm³/mol. The Balaban J connectivity index is 2.05. The molecule has 1 heteroatoms. The molecule has 0 bridgehead atoms. The van der Waals surface area contributed by atoms with Crippen LogP contribution in [0.5, 0.6) is 0 Å². The number of hydrogen-bond acceptors (Lipinski definition) is 1. The highest BCUT2D eigenvalue weighted by molar-refractivity contribution is 5.87. The van der Waals surface area contributed by atoms with E-state index in [1.165, 1.54) is 64.8 Å². The third kappa shape index (κ3) is 3.87. The Kier molecular flexibility index (Phi) is 5.86. The van der Waals surface area contributed by atoms with Crippen molar-refractivity contribution >= 4 is 11.1 Å². The molecule has 26 heavy (non-hydrogen) atoms. The third-order valence-corrected chi connectivity index (χ3v) is 5.96. The first kappa shape index (κ1) is 18.8. The molecule has 0 amide bonds. The van der Waals surface area contributed by atoms with Crippen LogP contribution in [0, 0.1) is 11.8 Å². The van der Waals surface area contributed by atoms with Gasteiger partial charge in [-0.25, -0.2) is 0 Å². The Hall–Kier alpha value is -2.02. The Bertz CT molecular complexity index is 769. The van der Waals surface area contributed by atoms with Gasteiger partial charge in [-0.15, -0.1) is 0 Å². The van der Waals surface area contributed by atoms with E-state index in [1.54, 1.807) is 0 Å². The summed E-state index contributed by atoms with van der Waals surface area (Å²) in [5.41, 5.74) is 9.42. The quantitative estimate of drug-likeness (QED) is 0.621. The van der Waals surface area contributed by atoms with Crippen LogP contribution in [0.1, 0.15) is 64.0 Å². The lowest BCUT2D eigenvalue weighted by Gasteiger charge is -2.25. The highest BCUT2D eigenvalue weighted by atomic mass is 14.8. The summed E-state index contributed by atoms with van der Waals surface area (Å²) < 4.78 is 0. The van der Waals surface area contributed by atoms with Crippen LogP contribution in [-0.2, 0) is 0 Å². The zero-order valence-corrected chi connectivity index (χ0v) is 16.9. The van der Waals surface area contributed by atoms with Crippen LogP contribution < -0.4 is 5.32 Å². The Labute approximate surface area is 159 Å². The lowest BCUT2D eigenvalue weighted by molar-refractivity contribution is 0.695. The molecule has 1 aromatic carbocycles. The van der Waals surface area contributed by atoms with Crippen LogP contribution in [-0.4, -0.2) is 7.05 Å². The SMILES string of the molecule is C=C(C1=CC(C)=C[C@H](C)C1)c1ccccc1/C(=C(/C)NC)C1CCCC1. The fraction of sp³-hybridized carbons (Fsp3) is 0.440. The molecule has 0 aliphatic heterocycles. The van der Waals surface area contributed by atoms with Gasteiger partial charge in [0, 0.05) is 12.7 Å². The number of benzene rings is 1. The van der Waals surface area contributed by atoms with E-state index in [-0.39, 0.29) is 0 Å². The summed E-state index contributed by atoms with van der Waals surface area (Å²) in [5, 5.41) is 3.43. The summed E-state index contributed by atoms with van der Waals surface area (Å²) in [5.74, 6) is 1.25. The van der Waals surface area contributed by atoms with Gasteiger partial charge in [0.05, 0.1) is 0 Å². The van der Waals surface area contributed by atoms with Gasteiger partial charge in [0.2, 0.25) is 0 Å². The number of hydrogen-bond donors (Lipinski definition) is 1. The molecule has 1 atom stereocenters. The van der Waals surface area contributed by atoms with Crippen molar-refractivity contribution in [3.05, 3.63) is 71.0 Å². The Morgan fingerprint density at radius 3 is 2.38 bits per heavy atom. The fourth-order valence-corrected chi connectivity index (χ4v) is 4.68. The van der Waals surface area contributed by atoms with Crippen LogP contribution in [0.4, 0.5) is 0 Å². The van der Waals surface area contributed by atoms with Crippen molar-refractivity contribution in [1.82, 2.24) is 5.32 Å². The van der Waals surface area contributed by atoms with E-state index < -0.39 is 0 Å². The van der Waals surface area contributed by atoms with Gasteiger partial charge in [-0.1, -0.05) is 68.3 Å². The summed E-state index contributed by atoms with van der Waals surface area (Å²) in [7, 11) is 2.04. The molecule has 0 unspecified atom stereocenters. The largest absolute Gasteiger partial charge is 0.391 e. The minimum Gasteiger partial charge on any atom is -0.391 e. The zero-order chi connectivity index (χ0) is 18.7. The molecular formula is C25H33N. The molecule has 2 aliphatic carbocycles. The monoisotopic (exact) mass is 347 g/mol. The maximum Gasteiger partial charge on any atom is 0.0114 e. The molecule has 1 aromatic rings. The van der Waals surface area contributed by atoms with Crippen molar-refractivity contribution in [3.63, 3.8) is 0 Å².